The molecule has 0 bridgehead atoms. The molecule has 19 heavy (non-hydrogen) atoms. The summed E-state index contributed by atoms with van der Waals surface area (Å²) in [6.45, 7) is 5.37. The third kappa shape index (κ3) is 3.80. The van der Waals surface area contributed by atoms with E-state index < -0.39 is 0 Å². The summed E-state index contributed by atoms with van der Waals surface area (Å²) in [4.78, 5) is 0. The Bertz CT molecular complexity index is 392. The molecule has 0 radical (unpaired) electrons. The zero-order chi connectivity index (χ0) is 13.7. The second-order valence-electron chi connectivity index (χ2n) is 5.89. The minimum Gasteiger partial charge on any atom is -0.378 e. The Balaban J connectivity index is 1.99. The van der Waals surface area contributed by atoms with Crippen LogP contribution in [0.4, 0.5) is 0 Å². The lowest BCUT2D eigenvalue weighted by Crippen LogP contribution is -2.46. The maximum atomic E-state index is 5.77. The first-order valence-electron chi connectivity index (χ1n) is 7.51. The van der Waals surface area contributed by atoms with Gasteiger partial charge in [0.25, 0.3) is 0 Å². The van der Waals surface area contributed by atoms with E-state index in [-0.39, 0.29) is 5.60 Å². The molecule has 1 N–H and O–H groups in total. The highest BCUT2D eigenvalue weighted by Crippen LogP contribution is 2.39. The van der Waals surface area contributed by atoms with Crippen LogP contribution in [-0.4, -0.2) is 25.3 Å². The molecule has 1 aromatic carbocycles. The van der Waals surface area contributed by atoms with Crippen LogP contribution >= 0.6 is 0 Å². The summed E-state index contributed by atoms with van der Waals surface area (Å²) < 4.78 is 5.77. The summed E-state index contributed by atoms with van der Waals surface area (Å²) in [5, 5.41) is 3.63. The standard InChI is InChI=1S/C17H27NO/c1-4-18-16(13-17(19-3)9-6-10-17)12-15-8-5-7-14(2)11-15/h5,7-8,11,16,18H,4,6,9-10,12-13H2,1-3H3. The van der Waals surface area contributed by atoms with Gasteiger partial charge in [0.2, 0.25) is 0 Å². The number of hydrogen-bond acceptors (Lipinski definition) is 2. The van der Waals surface area contributed by atoms with Gasteiger partial charge in [-0.3, -0.25) is 0 Å². The van der Waals surface area contributed by atoms with Crippen LogP contribution in [0.1, 0.15) is 43.7 Å². The second-order valence-corrected chi connectivity index (χ2v) is 5.89. The molecule has 1 unspecified atom stereocenters. The molecule has 106 valence electrons. The maximum absolute atomic E-state index is 5.77. The summed E-state index contributed by atoms with van der Waals surface area (Å²) in [6.07, 6.45) is 5.99. The van der Waals surface area contributed by atoms with Gasteiger partial charge in [0.1, 0.15) is 0 Å². The predicted molar refractivity (Wildman–Crippen MR) is 80.6 cm³/mol. The molecule has 0 spiro atoms. The average molecular weight is 261 g/mol. The van der Waals surface area contributed by atoms with Gasteiger partial charge < -0.3 is 10.1 Å². The van der Waals surface area contributed by atoms with Gasteiger partial charge in [0.15, 0.2) is 0 Å². The van der Waals surface area contributed by atoms with Gasteiger partial charge in [-0.2, -0.15) is 0 Å². The topological polar surface area (TPSA) is 21.3 Å². The Morgan fingerprint density at radius 2 is 2.16 bits per heavy atom. The molecule has 0 aliphatic heterocycles. The molecule has 1 atom stereocenters. The highest BCUT2D eigenvalue weighted by molar-refractivity contribution is 5.23. The van der Waals surface area contributed by atoms with E-state index in [0.717, 1.165) is 19.4 Å². The molecule has 1 saturated carbocycles. The van der Waals surface area contributed by atoms with Crippen molar-refractivity contribution < 1.29 is 4.74 Å². The van der Waals surface area contributed by atoms with E-state index >= 15 is 0 Å². The number of nitrogens with one attached hydrogen (secondary N) is 1. The minimum atomic E-state index is 0.149. The lowest BCUT2D eigenvalue weighted by atomic mass is 9.75. The smallest absolute Gasteiger partial charge is 0.0693 e. The molecule has 1 aliphatic carbocycles. The molecule has 1 aromatic rings. The first kappa shape index (κ1) is 14.5. The van der Waals surface area contributed by atoms with Crippen molar-refractivity contribution in [3.8, 4) is 0 Å². The van der Waals surface area contributed by atoms with Gasteiger partial charge >= 0.3 is 0 Å². The minimum absolute atomic E-state index is 0.149. The lowest BCUT2D eigenvalue weighted by Gasteiger charge is -2.43. The third-order valence-electron chi connectivity index (χ3n) is 4.37. The third-order valence-corrected chi connectivity index (χ3v) is 4.37. The van der Waals surface area contributed by atoms with E-state index in [0.29, 0.717) is 6.04 Å². The van der Waals surface area contributed by atoms with E-state index in [1.54, 1.807) is 0 Å². The van der Waals surface area contributed by atoms with Gasteiger partial charge in [-0.1, -0.05) is 36.8 Å². The quantitative estimate of drug-likeness (QED) is 0.811. The fourth-order valence-corrected chi connectivity index (χ4v) is 3.14. The molecule has 0 heterocycles. The number of methoxy groups -OCH3 is 1. The van der Waals surface area contributed by atoms with Crippen LogP contribution in [0.5, 0.6) is 0 Å². The molecule has 1 aliphatic rings. The fraction of sp³-hybridized carbons (Fsp3) is 0.647. The molecule has 2 rings (SSSR count). The zero-order valence-corrected chi connectivity index (χ0v) is 12.5. The van der Waals surface area contributed by atoms with E-state index in [2.05, 4.69) is 43.4 Å². The Morgan fingerprint density at radius 1 is 1.37 bits per heavy atom. The van der Waals surface area contributed by atoms with Crippen LogP contribution in [0.2, 0.25) is 0 Å². The number of hydrogen-bond donors (Lipinski definition) is 1. The van der Waals surface area contributed by atoms with Gasteiger partial charge in [-0.05, 0) is 51.1 Å². The van der Waals surface area contributed by atoms with Crippen LogP contribution in [0.15, 0.2) is 24.3 Å². The second kappa shape index (κ2) is 6.53. The maximum Gasteiger partial charge on any atom is 0.0693 e. The van der Waals surface area contributed by atoms with Crippen LogP contribution in [-0.2, 0) is 11.2 Å². The van der Waals surface area contributed by atoms with Crippen molar-refractivity contribution >= 4 is 0 Å². The largest absolute Gasteiger partial charge is 0.378 e. The van der Waals surface area contributed by atoms with Gasteiger partial charge in [0.05, 0.1) is 5.60 Å². The highest BCUT2D eigenvalue weighted by Gasteiger charge is 2.38. The van der Waals surface area contributed by atoms with Gasteiger partial charge in [-0.25, -0.2) is 0 Å². The van der Waals surface area contributed by atoms with Crippen molar-refractivity contribution in [1.29, 1.82) is 0 Å². The van der Waals surface area contributed by atoms with Crippen LogP contribution in [0, 0.1) is 6.92 Å². The molecule has 0 amide bonds. The van der Waals surface area contributed by atoms with Crippen molar-refractivity contribution in [3.63, 3.8) is 0 Å². The van der Waals surface area contributed by atoms with E-state index in [1.165, 1.54) is 30.4 Å². The highest BCUT2D eigenvalue weighted by atomic mass is 16.5. The van der Waals surface area contributed by atoms with E-state index in [4.69, 9.17) is 4.74 Å². The lowest BCUT2D eigenvalue weighted by molar-refractivity contribution is -0.0833. The summed E-state index contributed by atoms with van der Waals surface area (Å²) in [5.74, 6) is 0. The molecular formula is C17H27NO. The Hall–Kier alpha value is -0.860. The Morgan fingerprint density at radius 3 is 2.68 bits per heavy atom. The van der Waals surface area contributed by atoms with Crippen LogP contribution < -0.4 is 5.32 Å². The first-order valence-corrected chi connectivity index (χ1v) is 7.51. The molecule has 0 aromatic heterocycles. The average Bonchev–Trinajstić information content (AvgIpc) is 2.34. The van der Waals surface area contributed by atoms with Crippen molar-refractivity contribution in [1.82, 2.24) is 5.32 Å². The predicted octanol–water partition coefficient (Wildman–Crippen LogP) is 3.47. The monoisotopic (exact) mass is 261 g/mol. The fourth-order valence-electron chi connectivity index (χ4n) is 3.14. The van der Waals surface area contributed by atoms with E-state index in [9.17, 15) is 0 Å². The number of benzene rings is 1. The number of ether oxygens (including phenoxy) is 1. The first-order chi connectivity index (χ1) is 9.17. The van der Waals surface area contributed by atoms with Crippen molar-refractivity contribution in [2.45, 2.75) is 57.6 Å². The molecular weight excluding hydrogens is 234 g/mol. The summed E-state index contributed by atoms with van der Waals surface area (Å²) in [5.41, 5.74) is 2.92. The number of likely N-dealkylation sites (N-methyl/N-ethyl adjacent to an activating group) is 1. The normalized spacial score (nSPS) is 18.9. The summed E-state index contributed by atoms with van der Waals surface area (Å²) >= 11 is 0. The van der Waals surface area contributed by atoms with Crippen LogP contribution in [0.3, 0.4) is 0 Å². The summed E-state index contributed by atoms with van der Waals surface area (Å²) in [7, 11) is 1.87. The van der Waals surface area contributed by atoms with Crippen LogP contribution in [0.25, 0.3) is 0 Å². The number of aryl methyl sites for hydroxylation is 1. The Labute approximate surface area is 117 Å². The van der Waals surface area contributed by atoms with Gasteiger partial charge in [-0.15, -0.1) is 0 Å². The zero-order valence-electron chi connectivity index (χ0n) is 12.5. The molecule has 2 nitrogen and oxygen atoms in total. The molecule has 2 heteroatoms. The van der Waals surface area contributed by atoms with E-state index in [1.807, 2.05) is 7.11 Å². The Kier molecular flexibility index (Phi) is 5.00. The summed E-state index contributed by atoms with van der Waals surface area (Å²) in [6, 6.07) is 9.37. The van der Waals surface area contributed by atoms with Gasteiger partial charge in [0, 0.05) is 13.2 Å². The van der Waals surface area contributed by atoms with Crippen molar-refractivity contribution in [2.24, 2.45) is 0 Å². The number of rotatable bonds is 7. The van der Waals surface area contributed by atoms with Crippen molar-refractivity contribution in [3.05, 3.63) is 35.4 Å². The SMILES string of the molecule is CCNC(Cc1cccc(C)c1)CC1(OC)CCC1. The molecule has 1 fully saturated rings. The molecule has 0 saturated heterocycles. The van der Waals surface area contributed by atoms with Crippen molar-refractivity contribution in [2.75, 3.05) is 13.7 Å².